The van der Waals surface area contributed by atoms with Crippen LogP contribution in [0, 0.1) is 11.7 Å². The summed E-state index contributed by atoms with van der Waals surface area (Å²) in [6.45, 7) is 0.591. The van der Waals surface area contributed by atoms with Crippen molar-refractivity contribution in [1.82, 2.24) is 4.90 Å². The van der Waals surface area contributed by atoms with Crippen LogP contribution in [0.25, 0.3) is 6.08 Å². The van der Waals surface area contributed by atoms with Gasteiger partial charge in [-0.15, -0.1) is 0 Å². The zero-order valence-corrected chi connectivity index (χ0v) is 17.5. The van der Waals surface area contributed by atoms with Crippen molar-refractivity contribution in [3.63, 3.8) is 0 Å². The predicted octanol–water partition coefficient (Wildman–Crippen LogP) is 6.02. The number of amides is 2. The van der Waals surface area contributed by atoms with Gasteiger partial charge in [0, 0.05) is 17.7 Å². The Morgan fingerprint density at radius 1 is 1.03 bits per heavy atom. The molecule has 6 heteroatoms. The summed E-state index contributed by atoms with van der Waals surface area (Å²) in [7, 11) is 0. The fraction of sp³-hybridized carbons (Fsp3) is 0.333. The highest BCUT2D eigenvalue weighted by Crippen LogP contribution is 2.36. The van der Waals surface area contributed by atoms with Gasteiger partial charge in [0.25, 0.3) is 11.1 Å². The van der Waals surface area contributed by atoms with Crippen molar-refractivity contribution >= 4 is 29.0 Å². The van der Waals surface area contributed by atoms with Crippen LogP contribution in [0.2, 0.25) is 0 Å². The Hall–Kier alpha value is -2.60. The number of ether oxygens (including phenoxy) is 1. The van der Waals surface area contributed by atoms with Gasteiger partial charge in [0.15, 0.2) is 0 Å². The summed E-state index contributed by atoms with van der Waals surface area (Å²) in [5, 5.41) is -0.207. The van der Waals surface area contributed by atoms with Crippen molar-refractivity contribution in [3.8, 4) is 5.75 Å². The minimum atomic E-state index is -0.321. The Balaban J connectivity index is 1.48. The molecule has 2 aromatic rings. The lowest BCUT2D eigenvalue weighted by atomic mass is 9.89. The Kier molecular flexibility index (Phi) is 6.53. The van der Waals surface area contributed by atoms with Gasteiger partial charge in [-0.3, -0.25) is 14.5 Å². The molecule has 1 aliphatic heterocycles. The molecule has 0 spiro atoms. The number of para-hydroxylation sites is 1. The Morgan fingerprint density at radius 2 is 1.77 bits per heavy atom. The smallest absolute Gasteiger partial charge is 0.293 e. The van der Waals surface area contributed by atoms with E-state index in [1.54, 1.807) is 30.3 Å². The predicted molar refractivity (Wildman–Crippen MR) is 116 cm³/mol. The number of rotatable bonds is 6. The average molecular weight is 426 g/mol. The van der Waals surface area contributed by atoms with Gasteiger partial charge in [-0.2, -0.15) is 0 Å². The van der Waals surface area contributed by atoms with E-state index in [0.717, 1.165) is 24.6 Å². The van der Waals surface area contributed by atoms with E-state index in [9.17, 15) is 14.0 Å². The molecule has 1 heterocycles. The molecular formula is C24H24FNO3S. The Bertz CT molecular complexity index is 968. The standard InChI is InChI=1S/C24H24FNO3S/c25-20-12-6-4-11-19(20)16-29-21-13-7-5-10-18(21)14-22-23(27)26(24(28)30-22)15-17-8-2-1-3-9-17/h4-7,10-14,17H,1-3,8-9,15-16H2/b22-14+. The number of nitrogens with zero attached hydrogens (tertiary/aromatic N) is 1. The molecule has 1 saturated carbocycles. The summed E-state index contributed by atoms with van der Waals surface area (Å²) in [5.41, 5.74) is 1.15. The van der Waals surface area contributed by atoms with Crippen LogP contribution in [-0.4, -0.2) is 22.6 Å². The van der Waals surface area contributed by atoms with Gasteiger partial charge in [-0.05, 0) is 48.7 Å². The van der Waals surface area contributed by atoms with E-state index < -0.39 is 0 Å². The summed E-state index contributed by atoms with van der Waals surface area (Å²) < 4.78 is 19.7. The Morgan fingerprint density at radius 3 is 2.57 bits per heavy atom. The normalized spacial score (nSPS) is 19.0. The van der Waals surface area contributed by atoms with Crippen molar-refractivity contribution in [1.29, 1.82) is 0 Å². The number of hydrogen-bond donors (Lipinski definition) is 0. The van der Waals surface area contributed by atoms with Gasteiger partial charge in [-0.25, -0.2) is 4.39 Å². The van der Waals surface area contributed by atoms with Crippen molar-refractivity contribution in [2.24, 2.45) is 5.92 Å². The third kappa shape index (κ3) is 4.75. The van der Waals surface area contributed by atoms with Gasteiger partial charge in [0.05, 0.1) is 4.91 Å². The molecule has 2 amide bonds. The fourth-order valence-corrected chi connectivity index (χ4v) is 4.77. The maximum atomic E-state index is 13.9. The van der Waals surface area contributed by atoms with Crippen LogP contribution in [0.15, 0.2) is 53.4 Å². The quantitative estimate of drug-likeness (QED) is 0.531. The topological polar surface area (TPSA) is 46.6 Å². The third-order valence-corrected chi connectivity index (χ3v) is 6.49. The number of carbonyl (C=O) groups is 2. The zero-order chi connectivity index (χ0) is 20.9. The number of imide groups is 1. The first-order valence-corrected chi connectivity index (χ1v) is 11.1. The first-order chi connectivity index (χ1) is 14.6. The highest BCUT2D eigenvalue weighted by atomic mass is 32.2. The monoisotopic (exact) mass is 425 g/mol. The summed E-state index contributed by atoms with van der Waals surface area (Å²) in [5.74, 6) is 0.390. The van der Waals surface area contributed by atoms with Crippen molar-refractivity contribution in [3.05, 3.63) is 70.4 Å². The van der Waals surface area contributed by atoms with Crippen LogP contribution in [0.3, 0.4) is 0 Å². The van der Waals surface area contributed by atoms with Gasteiger partial charge in [0.2, 0.25) is 0 Å². The molecule has 0 atom stereocenters. The highest BCUT2D eigenvalue weighted by molar-refractivity contribution is 8.18. The van der Waals surface area contributed by atoms with Gasteiger partial charge >= 0.3 is 0 Å². The van der Waals surface area contributed by atoms with E-state index in [1.165, 1.54) is 30.2 Å². The molecule has 0 aromatic heterocycles. The number of benzene rings is 2. The second kappa shape index (κ2) is 9.47. The molecule has 1 aliphatic carbocycles. The SMILES string of the molecule is O=C1S/C(=C/c2ccccc2OCc2ccccc2F)C(=O)N1CC1CCCCC1. The van der Waals surface area contributed by atoms with Crippen LogP contribution in [0.1, 0.15) is 43.2 Å². The lowest BCUT2D eigenvalue weighted by Crippen LogP contribution is -2.34. The zero-order valence-electron chi connectivity index (χ0n) is 16.7. The second-order valence-electron chi connectivity index (χ2n) is 7.71. The van der Waals surface area contributed by atoms with E-state index in [4.69, 9.17) is 4.74 Å². The maximum absolute atomic E-state index is 13.9. The van der Waals surface area contributed by atoms with Gasteiger partial charge in [0.1, 0.15) is 18.2 Å². The number of thioether (sulfide) groups is 1. The van der Waals surface area contributed by atoms with Crippen LogP contribution >= 0.6 is 11.8 Å². The lowest BCUT2D eigenvalue weighted by Gasteiger charge is -2.25. The number of carbonyl (C=O) groups excluding carboxylic acids is 2. The van der Waals surface area contributed by atoms with E-state index in [1.807, 2.05) is 18.2 Å². The van der Waals surface area contributed by atoms with E-state index in [2.05, 4.69) is 0 Å². The van der Waals surface area contributed by atoms with Crippen LogP contribution < -0.4 is 4.74 Å². The molecule has 0 radical (unpaired) electrons. The van der Waals surface area contributed by atoms with E-state index >= 15 is 0 Å². The largest absolute Gasteiger partial charge is 0.488 e. The summed E-state index contributed by atoms with van der Waals surface area (Å²) in [6.07, 6.45) is 7.43. The minimum Gasteiger partial charge on any atom is -0.488 e. The molecule has 156 valence electrons. The summed E-state index contributed by atoms with van der Waals surface area (Å²) in [4.78, 5) is 27.1. The number of hydrogen-bond acceptors (Lipinski definition) is 4. The molecule has 2 aliphatic rings. The molecule has 0 N–H and O–H groups in total. The average Bonchev–Trinajstić information content (AvgIpc) is 3.02. The highest BCUT2D eigenvalue weighted by Gasteiger charge is 2.36. The molecule has 2 aromatic carbocycles. The van der Waals surface area contributed by atoms with Crippen molar-refractivity contribution in [2.45, 2.75) is 38.7 Å². The molecule has 30 heavy (non-hydrogen) atoms. The van der Waals surface area contributed by atoms with Crippen LogP contribution in [0.4, 0.5) is 9.18 Å². The fourth-order valence-electron chi connectivity index (χ4n) is 3.93. The van der Waals surface area contributed by atoms with Crippen LogP contribution in [0.5, 0.6) is 5.75 Å². The molecule has 4 rings (SSSR count). The van der Waals surface area contributed by atoms with Crippen LogP contribution in [-0.2, 0) is 11.4 Å². The molecule has 1 saturated heterocycles. The van der Waals surface area contributed by atoms with Gasteiger partial charge < -0.3 is 4.74 Å². The molecule has 0 unspecified atom stereocenters. The molecule has 0 bridgehead atoms. The van der Waals surface area contributed by atoms with Crippen molar-refractivity contribution < 1.29 is 18.7 Å². The molecule has 4 nitrogen and oxygen atoms in total. The third-order valence-electron chi connectivity index (χ3n) is 5.59. The van der Waals surface area contributed by atoms with Gasteiger partial charge in [-0.1, -0.05) is 55.7 Å². The first kappa shape index (κ1) is 20.7. The first-order valence-electron chi connectivity index (χ1n) is 10.3. The van der Waals surface area contributed by atoms with E-state index in [0.29, 0.717) is 34.2 Å². The summed E-state index contributed by atoms with van der Waals surface area (Å²) >= 11 is 0.974. The van der Waals surface area contributed by atoms with E-state index in [-0.39, 0.29) is 23.6 Å². The lowest BCUT2D eigenvalue weighted by molar-refractivity contribution is -0.123. The molecule has 2 fully saturated rings. The minimum absolute atomic E-state index is 0.0840. The Labute approximate surface area is 180 Å². The van der Waals surface area contributed by atoms with Crippen molar-refractivity contribution in [2.75, 3.05) is 6.54 Å². The maximum Gasteiger partial charge on any atom is 0.293 e. The summed E-state index contributed by atoms with van der Waals surface area (Å²) in [6, 6.07) is 13.7. The second-order valence-corrected chi connectivity index (χ2v) is 8.71. The number of halogens is 1. The molecular weight excluding hydrogens is 401 g/mol.